The van der Waals surface area contributed by atoms with Crippen LogP contribution in [0, 0.1) is 18.3 Å². The average molecular weight is 350 g/mol. The van der Waals surface area contributed by atoms with Crippen molar-refractivity contribution in [1.29, 1.82) is 5.26 Å². The standard InChI is InChI=1S/C20H22N4O2/c1-14-5-10-19(26-4)18(11-14)23-20(25)15(12-21)13-22-16-6-8-17(9-7-16)24(2)3/h5-11,13,22H,1-4H3,(H,23,25)/b15-13-. The van der Waals surface area contributed by atoms with Crippen LogP contribution >= 0.6 is 0 Å². The summed E-state index contributed by atoms with van der Waals surface area (Å²) in [5.74, 6) is 0.0299. The highest BCUT2D eigenvalue weighted by Crippen LogP contribution is 2.25. The predicted octanol–water partition coefficient (Wildman–Crippen LogP) is 3.53. The molecule has 0 aromatic heterocycles. The highest BCUT2D eigenvalue weighted by molar-refractivity contribution is 6.07. The molecule has 0 radical (unpaired) electrons. The van der Waals surface area contributed by atoms with E-state index in [0.717, 1.165) is 16.9 Å². The van der Waals surface area contributed by atoms with Crippen molar-refractivity contribution in [1.82, 2.24) is 0 Å². The molecule has 0 aliphatic carbocycles. The zero-order valence-electron chi connectivity index (χ0n) is 15.3. The Hall–Kier alpha value is -3.46. The predicted molar refractivity (Wildman–Crippen MR) is 104 cm³/mol. The zero-order chi connectivity index (χ0) is 19.1. The van der Waals surface area contributed by atoms with E-state index >= 15 is 0 Å². The summed E-state index contributed by atoms with van der Waals surface area (Å²) in [6, 6.07) is 15.0. The minimum absolute atomic E-state index is 0.0368. The van der Waals surface area contributed by atoms with Crippen molar-refractivity contribution >= 4 is 23.0 Å². The third kappa shape index (κ3) is 4.77. The van der Waals surface area contributed by atoms with Gasteiger partial charge in [-0.3, -0.25) is 4.79 Å². The van der Waals surface area contributed by atoms with E-state index in [1.165, 1.54) is 13.3 Å². The van der Waals surface area contributed by atoms with Crippen molar-refractivity contribution in [3.8, 4) is 11.8 Å². The van der Waals surface area contributed by atoms with E-state index in [1.807, 2.05) is 62.3 Å². The van der Waals surface area contributed by atoms with Gasteiger partial charge in [-0.2, -0.15) is 5.26 Å². The van der Waals surface area contributed by atoms with Crippen LogP contribution in [-0.2, 0) is 4.79 Å². The van der Waals surface area contributed by atoms with Crippen LogP contribution in [-0.4, -0.2) is 27.1 Å². The van der Waals surface area contributed by atoms with E-state index in [0.29, 0.717) is 11.4 Å². The molecule has 0 bridgehead atoms. The van der Waals surface area contributed by atoms with Crippen LogP contribution in [0.2, 0.25) is 0 Å². The quantitative estimate of drug-likeness (QED) is 0.616. The smallest absolute Gasteiger partial charge is 0.267 e. The highest BCUT2D eigenvalue weighted by atomic mass is 16.5. The summed E-state index contributed by atoms with van der Waals surface area (Å²) in [6.07, 6.45) is 1.39. The lowest BCUT2D eigenvalue weighted by Crippen LogP contribution is -2.15. The van der Waals surface area contributed by atoms with Gasteiger partial charge in [0, 0.05) is 31.7 Å². The van der Waals surface area contributed by atoms with Gasteiger partial charge in [-0.1, -0.05) is 6.07 Å². The van der Waals surface area contributed by atoms with Crippen molar-refractivity contribution in [2.45, 2.75) is 6.92 Å². The van der Waals surface area contributed by atoms with Crippen molar-refractivity contribution in [3.05, 3.63) is 59.8 Å². The fourth-order valence-corrected chi connectivity index (χ4v) is 2.27. The van der Waals surface area contributed by atoms with E-state index in [9.17, 15) is 10.1 Å². The maximum atomic E-state index is 12.4. The molecule has 0 unspecified atom stereocenters. The molecule has 0 saturated carbocycles. The summed E-state index contributed by atoms with van der Waals surface area (Å²) in [6.45, 7) is 1.91. The van der Waals surface area contributed by atoms with Gasteiger partial charge in [0.2, 0.25) is 0 Å². The Morgan fingerprint density at radius 2 is 1.88 bits per heavy atom. The normalized spacial score (nSPS) is 10.7. The van der Waals surface area contributed by atoms with Gasteiger partial charge in [0.1, 0.15) is 17.4 Å². The third-order valence-electron chi connectivity index (χ3n) is 3.74. The molecule has 2 rings (SSSR count). The van der Waals surface area contributed by atoms with E-state index in [2.05, 4.69) is 10.6 Å². The maximum Gasteiger partial charge on any atom is 0.267 e. The molecule has 6 heteroatoms. The van der Waals surface area contributed by atoms with Crippen LogP contribution in [0.15, 0.2) is 54.2 Å². The molecule has 6 nitrogen and oxygen atoms in total. The zero-order valence-corrected chi connectivity index (χ0v) is 15.3. The molecule has 26 heavy (non-hydrogen) atoms. The van der Waals surface area contributed by atoms with Gasteiger partial charge in [-0.05, 0) is 48.9 Å². The Bertz CT molecular complexity index is 849. The molecule has 0 saturated heterocycles. The van der Waals surface area contributed by atoms with E-state index in [1.54, 1.807) is 12.1 Å². The summed E-state index contributed by atoms with van der Waals surface area (Å²) < 4.78 is 5.24. The Morgan fingerprint density at radius 1 is 1.19 bits per heavy atom. The number of carbonyl (C=O) groups is 1. The van der Waals surface area contributed by atoms with Crippen LogP contribution in [0.25, 0.3) is 0 Å². The highest BCUT2D eigenvalue weighted by Gasteiger charge is 2.12. The Balaban J connectivity index is 2.12. The Kier molecular flexibility index (Phi) is 6.23. The van der Waals surface area contributed by atoms with Crippen molar-refractivity contribution in [3.63, 3.8) is 0 Å². The number of nitrogens with zero attached hydrogens (tertiary/aromatic N) is 2. The number of benzene rings is 2. The van der Waals surface area contributed by atoms with Gasteiger partial charge >= 0.3 is 0 Å². The lowest BCUT2D eigenvalue weighted by Gasteiger charge is -2.13. The molecule has 0 heterocycles. The van der Waals surface area contributed by atoms with Gasteiger partial charge in [0.15, 0.2) is 0 Å². The van der Waals surface area contributed by atoms with Crippen LogP contribution in [0.1, 0.15) is 5.56 Å². The molecule has 0 aliphatic rings. The minimum atomic E-state index is -0.506. The monoisotopic (exact) mass is 350 g/mol. The number of aryl methyl sites for hydroxylation is 1. The molecule has 0 atom stereocenters. The minimum Gasteiger partial charge on any atom is -0.495 e. The number of methoxy groups -OCH3 is 1. The molecule has 1 amide bonds. The first-order valence-electron chi connectivity index (χ1n) is 8.04. The number of nitrogens with one attached hydrogen (secondary N) is 2. The van der Waals surface area contributed by atoms with Gasteiger partial charge in [-0.25, -0.2) is 0 Å². The summed E-state index contributed by atoms with van der Waals surface area (Å²) in [7, 11) is 5.44. The second-order valence-corrected chi connectivity index (χ2v) is 5.91. The number of ether oxygens (including phenoxy) is 1. The number of carbonyl (C=O) groups excluding carboxylic acids is 1. The second kappa shape index (κ2) is 8.58. The van der Waals surface area contributed by atoms with E-state index in [-0.39, 0.29) is 5.57 Å². The molecule has 2 aromatic carbocycles. The average Bonchev–Trinajstić information content (AvgIpc) is 2.63. The molecule has 2 aromatic rings. The summed E-state index contributed by atoms with van der Waals surface area (Å²) >= 11 is 0. The summed E-state index contributed by atoms with van der Waals surface area (Å²) in [5.41, 5.74) is 3.30. The maximum absolute atomic E-state index is 12.4. The van der Waals surface area contributed by atoms with Crippen molar-refractivity contribution in [2.75, 3.05) is 36.7 Å². The lowest BCUT2D eigenvalue weighted by atomic mass is 10.2. The van der Waals surface area contributed by atoms with Crippen molar-refractivity contribution in [2.24, 2.45) is 0 Å². The molecule has 134 valence electrons. The Morgan fingerprint density at radius 3 is 2.46 bits per heavy atom. The SMILES string of the molecule is COc1ccc(C)cc1NC(=O)/C(C#N)=C\Nc1ccc(N(C)C)cc1. The molecule has 2 N–H and O–H groups in total. The summed E-state index contributed by atoms with van der Waals surface area (Å²) in [5, 5.41) is 15.0. The molecule has 0 fully saturated rings. The van der Waals surface area contributed by atoms with Gasteiger partial charge < -0.3 is 20.3 Å². The molecule has 0 spiro atoms. The third-order valence-corrected chi connectivity index (χ3v) is 3.74. The number of hydrogen-bond acceptors (Lipinski definition) is 5. The van der Waals surface area contributed by atoms with Gasteiger partial charge in [0.25, 0.3) is 5.91 Å². The number of hydrogen-bond donors (Lipinski definition) is 2. The van der Waals surface area contributed by atoms with Crippen LogP contribution in [0.3, 0.4) is 0 Å². The Labute approximate surface area is 153 Å². The van der Waals surface area contributed by atoms with Gasteiger partial charge in [0.05, 0.1) is 12.8 Å². The van der Waals surface area contributed by atoms with Crippen LogP contribution in [0.4, 0.5) is 17.1 Å². The molecular formula is C20H22N4O2. The topological polar surface area (TPSA) is 77.4 Å². The number of rotatable bonds is 6. The van der Waals surface area contributed by atoms with E-state index in [4.69, 9.17) is 4.74 Å². The second-order valence-electron chi connectivity index (χ2n) is 5.91. The van der Waals surface area contributed by atoms with Crippen molar-refractivity contribution < 1.29 is 9.53 Å². The lowest BCUT2D eigenvalue weighted by molar-refractivity contribution is -0.112. The first-order chi connectivity index (χ1) is 12.4. The first kappa shape index (κ1) is 18.9. The molecular weight excluding hydrogens is 328 g/mol. The fourth-order valence-electron chi connectivity index (χ4n) is 2.27. The van der Waals surface area contributed by atoms with Crippen LogP contribution in [0.5, 0.6) is 5.75 Å². The number of amides is 1. The summed E-state index contributed by atoms with van der Waals surface area (Å²) in [4.78, 5) is 14.4. The number of anilines is 3. The first-order valence-corrected chi connectivity index (χ1v) is 8.04. The van der Waals surface area contributed by atoms with E-state index < -0.39 is 5.91 Å². The molecule has 0 aliphatic heterocycles. The number of nitriles is 1. The largest absolute Gasteiger partial charge is 0.495 e. The fraction of sp³-hybridized carbons (Fsp3) is 0.200. The van der Waals surface area contributed by atoms with Gasteiger partial charge in [-0.15, -0.1) is 0 Å². The van der Waals surface area contributed by atoms with Crippen LogP contribution < -0.4 is 20.3 Å².